The van der Waals surface area contributed by atoms with Crippen molar-refractivity contribution < 1.29 is 4.79 Å². The minimum atomic E-state index is -2.62. The predicted octanol–water partition coefficient (Wildman–Crippen LogP) is 4.47. The van der Waals surface area contributed by atoms with Crippen molar-refractivity contribution in [2.24, 2.45) is 0 Å². The zero-order valence-electron chi connectivity index (χ0n) is 11.6. The van der Waals surface area contributed by atoms with Gasteiger partial charge in [0.05, 0.1) is 0 Å². The van der Waals surface area contributed by atoms with E-state index in [-0.39, 0.29) is 5.91 Å². The Bertz CT molecular complexity index is 463. The summed E-state index contributed by atoms with van der Waals surface area (Å²) in [4.78, 5) is 12.2. The Morgan fingerprint density at radius 1 is 1.16 bits per heavy atom. The summed E-state index contributed by atoms with van der Waals surface area (Å²) in [5.41, 5.74) is 0.606. The number of rotatable bonds is 5. The molecule has 1 aromatic carbocycles. The number of carbonyl (C=O) groups is 1. The zero-order valence-corrected chi connectivity index (χ0v) is 14.1. The van der Waals surface area contributed by atoms with Crippen molar-refractivity contribution in [1.29, 1.82) is 0 Å². The van der Waals surface area contributed by atoms with Crippen LogP contribution in [-0.2, 0) is 0 Å². The maximum atomic E-state index is 12.2. The molecule has 0 aliphatic heterocycles. The molecule has 0 bridgehead atoms. The van der Waals surface area contributed by atoms with E-state index in [1.54, 1.807) is 12.1 Å². The molecule has 1 rings (SSSR count). The number of carbonyl (C=O) groups excluding carboxylic acids is 1. The first-order valence-electron chi connectivity index (χ1n) is 6.53. The van der Waals surface area contributed by atoms with Gasteiger partial charge in [-0.15, -0.1) is 0 Å². The molecular formula is C14H21ClNOPS. The summed E-state index contributed by atoms with van der Waals surface area (Å²) in [5, 5.41) is 2.85. The van der Waals surface area contributed by atoms with Crippen LogP contribution in [0.5, 0.6) is 0 Å². The van der Waals surface area contributed by atoms with Gasteiger partial charge in [-0.25, -0.2) is 0 Å². The van der Waals surface area contributed by atoms with Crippen LogP contribution in [0.4, 0.5) is 0 Å². The van der Waals surface area contributed by atoms with Crippen molar-refractivity contribution in [1.82, 2.24) is 5.32 Å². The Kier molecular flexibility index (Phi) is 5.49. The van der Waals surface area contributed by atoms with Gasteiger partial charge in [-0.05, 0) is 0 Å². The predicted molar refractivity (Wildman–Crippen MR) is 90.9 cm³/mol. The fraction of sp³-hybridized carbons (Fsp3) is 0.429. The van der Waals surface area contributed by atoms with E-state index in [9.17, 15) is 4.79 Å². The van der Waals surface area contributed by atoms with Gasteiger partial charge in [-0.2, -0.15) is 0 Å². The first kappa shape index (κ1) is 16.6. The molecule has 0 aliphatic rings. The van der Waals surface area contributed by atoms with Gasteiger partial charge in [0.15, 0.2) is 0 Å². The van der Waals surface area contributed by atoms with Crippen molar-refractivity contribution in [3.05, 3.63) is 35.9 Å². The van der Waals surface area contributed by atoms with Crippen LogP contribution in [-0.4, -0.2) is 29.1 Å². The van der Waals surface area contributed by atoms with Crippen LogP contribution in [0.15, 0.2) is 30.3 Å². The van der Waals surface area contributed by atoms with E-state index < -0.39 is 5.96 Å². The molecular weight excluding hydrogens is 297 g/mol. The Morgan fingerprint density at radius 2 is 1.63 bits per heavy atom. The molecule has 1 N–H and O–H groups in total. The van der Waals surface area contributed by atoms with Gasteiger partial charge in [-0.1, -0.05) is 0 Å². The van der Waals surface area contributed by atoms with Gasteiger partial charge < -0.3 is 0 Å². The second-order valence-electron chi connectivity index (χ2n) is 4.66. The third-order valence-corrected chi connectivity index (χ3v) is 13.9. The monoisotopic (exact) mass is 317 g/mol. The van der Waals surface area contributed by atoms with Gasteiger partial charge in [0.1, 0.15) is 0 Å². The standard InChI is InChI=1S/C14H21ClNOPS/c1-4-18(15,5-2,6-3)14(19)16-13(17)12-10-8-7-9-11-12/h7-11H,4-6H2,1-3H3,(H,16,17,19). The molecule has 0 saturated carbocycles. The Morgan fingerprint density at radius 3 is 2.05 bits per heavy atom. The van der Waals surface area contributed by atoms with Gasteiger partial charge in [-0.3, -0.25) is 0 Å². The van der Waals surface area contributed by atoms with Gasteiger partial charge in [0.2, 0.25) is 0 Å². The quantitative estimate of drug-likeness (QED) is 0.641. The molecule has 106 valence electrons. The topological polar surface area (TPSA) is 29.1 Å². The van der Waals surface area contributed by atoms with Crippen molar-refractivity contribution in [2.75, 3.05) is 18.5 Å². The maximum absolute atomic E-state index is 12.2. The molecule has 0 unspecified atom stereocenters. The van der Waals surface area contributed by atoms with Crippen LogP contribution < -0.4 is 5.32 Å². The van der Waals surface area contributed by atoms with Crippen molar-refractivity contribution >= 4 is 40.1 Å². The molecule has 5 heteroatoms. The number of hydrogen-bond donors (Lipinski definition) is 1. The second-order valence-corrected chi connectivity index (χ2v) is 13.6. The van der Waals surface area contributed by atoms with Crippen LogP contribution in [0.25, 0.3) is 0 Å². The molecule has 0 radical (unpaired) electrons. The first-order chi connectivity index (χ1) is 8.90. The van der Waals surface area contributed by atoms with E-state index in [0.29, 0.717) is 10.3 Å². The van der Waals surface area contributed by atoms with E-state index in [4.69, 9.17) is 23.5 Å². The SMILES string of the molecule is CCP(Cl)(CC)(CC)C(=S)NC(=O)c1ccccc1. The van der Waals surface area contributed by atoms with Crippen LogP contribution >= 0.6 is 29.4 Å². The number of benzene rings is 1. The summed E-state index contributed by atoms with van der Waals surface area (Å²) in [6.45, 7) is 6.16. The molecule has 0 spiro atoms. The van der Waals surface area contributed by atoms with E-state index in [0.717, 1.165) is 18.5 Å². The van der Waals surface area contributed by atoms with Crippen molar-refractivity contribution in [3.63, 3.8) is 0 Å². The fourth-order valence-corrected chi connectivity index (χ4v) is 5.97. The Balaban J connectivity index is 2.94. The first-order valence-corrected chi connectivity index (χ1v) is 10.6. The van der Waals surface area contributed by atoms with Gasteiger partial charge in [0, 0.05) is 0 Å². The molecule has 0 aliphatic carbocycles. The summed E-state index contributed by atoms with van der Waals surface area (Å²) < 4.78 is 0.550. The van der Waals surface area contributed by atoms with Crippen LogP contribution in [0, 0.1) is 0 Å². The van der Waals surface area contributed by atoms with Crippen molar-refractivity contribution in [2.45, 2.75) is 20.8 Å². The average Bonchev–Trinajstić information content (AvgIpc) is 2.47. The summed E-state index contributed by atoms with van der Waals surface area (Å²) in [6.07, 6.45) is 2.44. The zero-order chi connectivity index (χ0) is 14.5. The number of halogens is 1. The number of nitrogens with one attached hydrogen (secondary N) is 1. The Labute approximate surface area is 125 Å². The van der Waals surface area contributed by atoms with Gasteiger partial charge in [0.25, 0.3) is 0 Å². The molecule has 0 fully saturated rings. The summed E-state index contributed by atoms with van der Waals surface area (Å²) >= 11 is 12.4. The molecule has 1 aromatic rings. The van der Waals surface area contributed by atoms with E-state index in [1.165, 1.54) is 0 Å². The fourth-order valence-electron chi connectivity index (χ4n) is 2.00. The molecule has 0 aromatic heterocycles. The second kappa shape index (κ2) is 6.30. The molecule has 19 heavy (non-hydrogen) atoms. The third kappa shape index (κ3) is 3.34. The van der Waals surface area contributed by atoms with Gasteiger partial charge >= 0.3 is 125 Å². The third-order valence-electron chi connectivity index (χ3n) is 3.94. The van der Waals surface area contributed by atoms with Crippen LogP contribution in [0.1, 0.15) is 31.1 Å². The van der Waals surface area contributed by atoms with E-state index in [2.05, 4.69) is 26.1 Å². The summed E-state index contributed by atoms with van der Waals surface area (Å²) in [6, 6.07) is 9.08. The minimum absolute atomic E-state index is 0.171. The number of amides is 1. The molecule has 0 saturated heterocycles. The van der Waals surface area contributed by atoms with Crippen molar-refractivity contribution in [3.8, 4) is 0 Å². The molecule has 0 heterocycles. The molecule has 1 amide bonds. The molecule has 2 nitrogen and oxygen atoms in total. The summed E-state index contributed by atoms with van der Waals surface area (Å²) in [7, 11) is 0. The number of thiocarbonyl (C=S) groups is 1. The van der Waals surface area contributed by atoms with Crippen LogP contribution in [0.2, 0.25) is 0 Å². The van der Waals surface area contributed by atoms with Crippen LogP contribution in [0.3, 0.4) is 0 Å². The van der Waals surface area contributed by atoms with E-state index >= 15 is 0 Å². The molecule has 0 atom stereocenters. The number of hydrogen-bond acceptors (Lipinski definition) is 2. The summed E-state index contributed by atoms with van der Waals surface area (Å²) in [5.74, 6) is -2.79. The average molecular weight is 318 g/mol. The van der Waals surface area contributed by atoms with E-state index in [1.807, 2.05) is 18.2 Å². The Hall–Kier alpha value is -0.500. The normalized spacial score (nSPS) is 13.4.